The Labute approximate surface area is 237 Å². The molecule has 6 nitrogen and oxygen atoms in total. The number of nitrogens with zero attached hydrogens (tertiary/aromatic N) is 4. The predicted octanol–water partition coefficient (Wildman–Crippen LogP) is 6.40. The van der Waals surface area contributed by atoms with Gasteiger partial charge in [-0.3, -0.25) is 9.69 Å². The molecule has 0 radical (unpaired) electrons. The molecule has 2 aliphatic heterocycles. The van der Waals surface area contributed by atoms with Gasteiger partial charge in [-0.25, -0.2) is 4.68 Å². The summed E-state index contributed by atoms with van der Waals surface area (Å²) >= 11 is 0. The molecule has 1 aromatic heterocycles. The summed E-state index contributed by atoms with van der Waals surface area (Å²) in [5, 5.41) is 7.28. The van der Waals surface area contributed by atoms with E-state index in [2.05, 4.69) is 39.6 Å². The molecule has 0 aliphatic carbocycles. The standard InChI is InChI=1S/C32H32F3N5O/c1-22-12-14-23(15-13-22)27-20-28(32(33,34)35)40-30(37-27)26(21-36-40)31(41)39-18-16-38(17-19-39)29(24-8-4-2-5-9-24)25-10-6-3-7-11-25/h2-15,21,27-29,37H,16-20H2,1H3. The van der Waals surface area contributed by atoms with E-state index in [9.17, 15) is 18.0 Å². The fourth-order valence-electron chi connectivity index (χ4n) is 5.97. The van der Waals surface area contributed by atoms with Crippen LogP contribution in [0.1, 0.15) is 57.2 Å². The van der Waals surface area contributed by atoms with E-state index >= 15 is 0 Å². The molecule has 6 rings (SSSR count). The number of aryl methyl sites for hydroxylation is 1. The second-order valence-corrected chi connectivity index (χ2v) is 10.8. The van der Waals surface area contributed by atoms with E-state index in [4.69, 9.17) is 0 Å². The number of aromatic nitrogens is 2. The zero-order valence-corrected chi connectivity index (χ0v) is 22.8. The largest absolute Gasteiger partial charge is 0.410 e. The maximum absolute atomic E-state index is 14.1. The molecule has 9 heteroatoms. The molecule has 0 spiro atoms. The van der Waals surface area contributed by atoms with Crippen molar-refractivity contribution in [3.05, 3.63) is 119 Å². The van der Waals surface area contributed by atoms with Crippen molar-refractivity contribution in [3.63, 3.8) is 0 Å². The summed E-state index contributed by atoms with van der Waals surface area (Å²) in [5.41, 5.74) is 4.30. The van der Waals surface area contributed by atoms with Crippen LogP contribution < -0.4 is 5.32 Å². The Morgan fingerprint density at radius 3 is 2.02 bits per heavy atom. The second kappa shape index (κ2) is 11.0. The molecule has 4 aromatic rings. The third kappa shape index (κ3) is 5.46. The number of halogens is 3. The van der Waals surface area contributed by atoms with Crippen LogP contribution in [-0.4, -0.2) is 57.8 Å². The van der Waals surface area contributed by atoms with Gasteiger partial charge in [-0.1, -0.05) is 90.5 Å². The lowest BCUT2D eigenvalue weighted by Crippen LogP contribution is -2.50. The van der Waals surface area contributed by atoms with Gasteiger partial charge < -0.3 is 10.2 Å². The van der Waals surface area contributed by atoms with Gasteiger partial charge in [0, 0.05) is 32.6 Å². The lowest BCUT2D eigenvalue weighted by atomic mass is 9.95. The third-order valence-corrected chi connectivity index (χ3v) is 8.15. The fourth-order valence-corrected chi connectivity index (χ4v) is 5.97. The normalized spacial score (nSPS) is 19.6. The SMILES string of the molecule is Cc1ccc(C2CC(C(F)(F)F)n3ncc(C(=O)N4CCN(C(c5ccccc5)c5ccccc5)CC4)c3N2)cc1. The molecular weight excluding hydrogens is 527 g/mol. The first kappa shape index (κ1) is 27.1. The van der Waals surface area contributed by atoms with Crippen molar-refractivity contribution in [1.29, 1.82) is 0 Å². The van der Waals surface area contributed by atoms with Crippen LogP contribution in [0.5, 0.6) is 0 Å². The van der Waals surface area contributed by atoms with E-state index in [0.29, 0.717) is 26.2 Å². The number of alkyl halides is 3. The van der Waals surface area contributed by atoms with Crippen molar-refractivity contribution in [3.8, 4) is 0 Å². The van der Waals surface area contributed by atoms with Crippen molar-refractivity contribution < 1.29 is 18.0 Å². The lowest BCUT2D eigenvalue weighted by Gasteiger charge is -2.40. The van der Waals surface area contributed by atoms with Gasteiger partial charge in [-0.2, -0.15) is 18.3 Å². The molecule has 3 aromatic carbocycles. The van der Waals surface area contributed by atoms with Crippen LogP contribution in [0.2, 0.25) is 0 Å². The molecule has 3 heterocycles. The highest BCUT2D eigenvalue weighted by Crippen LogP contribution is 2.44. The van der Waals surface area contributed by atoms with Gasteiger partial charge in [0.15, 0.2) is 6.04 Å². The summed E-state index contributed by atoms with van der Waals surface area (Å²) in [6.07, 6.45) is -3.42. The predicted molar refractivity (Wildman–Crippen MR) is 152 cm³/mol. The molecule has 2 aliphatic rings. The van der Waals surface area contributed by atoms with E-state index < -0.39 is 18.3 Å². The molecule has 1 N–H and O–H groups in total. The number of benzene rings is 3. The van der Waals surface area contributed by atoms with Gasteiger partial charge in [-0.05, 0) is 23.6 Å². The van der Waals surface area contributed by atoms with Gasteiger partial charge in [-0.15, -0.1) is 0 Å². The number of anilines is 1. The molecule has 0 saturated carbocycles. The third-order valence-electron chi connectivity index (χ3n) is 8.15. The first-order chi connectivity index (χ1) is 19.8. The highest BCUT2D eigenvalue weighted by molar-refractivity contribution is 5.99. The van der Waals surface area contributed by atoms with Gasteiger partial charge in [0.05, 0.1) is 18.3 Å². The maximum atomic E-state index is 14.1. The second-order valence-electron chi connectivity index (χ2n) is 10.8. The van der Waals surface area contributed by atoms with Crippen LogP contribution in [0, 0.1) is 6.92 Å². The average Bonchev–Trinajstić information content (AvgIpc) is 3.42. The molecule has 1 fully saturated rings. The molecule has 2 unspecified atom stereocenters. The van der Waals surface area contributed by atoms with E-state index in [1.807, 2.05) is 67.6 Å². The maximum Gasteiger partial charge on any atom is 0.410 e. The number of carbonyl (C=O) groups excluding carboxylic acids is 1. The van der Waals surface area contributed by atoms with Crippen LogP contribution in [0.15, 0.2) is 91.1 Å². The monoisotopic (exact) mass is 559 g/mol. The number of carbonyl (C=O) groups is 1. The summed E-state index contributed by atoms with van der Waals surface area (Å²) in [6, 6.07) is 25.6. The molecule has 1 amide bonds. The van der Waals surface area contributed by atoms with Crippen molar-refractivity contribution >= 4 is 11.7 Å². The van der Waals surface area contributed by atoms with Gasteiger partial charge in [0.25, 0.3) is 5.91 Å². The number of rotatable bonds is 5. The Balaban J connectivity index is 1.23. The summed E-state index contributed by atoms with van der Waals surface area (Å²) in [5.74, 6) is -0.178. The van der Waals surface area contributed by atoms with Gasteiger partial charge >= 0.3 is 6.18 Å². The number of piperazine rings is 1. The van der Waals surface area contributed by atoms with Crippen molar-refractivity contribution in [2.45, 2.75) is 37.6 Å². The minimum atomic E-state index is -4.50. The Hall–Kier alpha value is -4.11. The number of hydrogen-bond acceptors (Lipinski definition) is 4. The van der Waals surface area contributed by atoms with E-state index in [0.717, 1.165) is 15.8 Å². The minimum Gasteiger partial charge on any atom is -0.363 e. The quantitative estimate of drug-likeness (QED) is 0.308. The molecule has 2 atom stereocenters. The van der Waals surface area contributed by atoms with Crippen molar-refractivity contribution in [1.82, 2.24) is 19.6 Å². The van der Waals surface area contributed by atoms with Crippen LogP contribution in [0.25, 0.3) is 0 Å². The summed E-state index contributed by atoms with van der Waals surface area (Å²) in [6.45, 7) is 4.13. The zero-order chi connectivity index (χ0) is 28.6. The topological polar surface area (TPSA) is 53.4 Å². The Morgan fingerprint density at radius 2 is 1.46 bits per heavy atom. The first-order valence-electron chi connectivity index (χ1n) is 13.9. The molecule has 212 valence electrons. The van der Waals surface area contributed by atoms with Crippen LogP contribution >= 0.6 is 0 Å². The Bertz CT molecular complexity index is 1440. The zero-order valence-electron chi connectivity index (χ0n) is 22.8. The van der Waals surface area contributed by atoms with E-state index in [1.165, 1.54) is 17.3 Å². The molecule has 1 saturated heterocycles. The van der Waals surface area contributed by atoms with Crippen molar-refractivity contribution in [2.24, 2.45) is 0 Å². The Kier molecular flexibility index (Phi) is 7.30. The summed E-state index contributed by atoms with van der Waals surface area (Å²) in [4.78, 5) is 17.8. The number of amides is 1. The molecule has 41 heavy (non-hydrogen) atoms. The average molecular weight is 560 g/mol. The number of nitrogens with one attached hydrogen (secondary N) is 1. The number of fused-ring (bicyclic) bond motifs is 1. The summed E-state index contributed by atoms with van der Waals surface area (Å²) in [7, 11) is 0. The highest BCUT2D eigenvalue weighted by atomic mass is 19.4. The lowest BCUT2D eigenvalue weighted by molar-refractivity contribution is -0.173. The first-order valence-corrected chi connectivity index (χ1v) is 13.9. The van der Waals surface area contributed by atoms with E-state index in [1.54, 1.807) is 4.90 Å². The van der Waals surface area contributed by atoms with Crippen LogP contribution in [0.3, 0.4) is 0 Å². The van der Waals surface area contributed by atoms with Gasteiger partial charge in [0.1, 0.15) is 11.4 Å². The fraction of sp³-hybridized carbons (Fsp3) is 0.312. The van der Waals surface area contributed by atoms with Crippen LogP contribution in [-0.2, 0) is 0 Å². The highest BCUT2D eigenvalue weighted by Gasteiger charge is 2.47. The summed E-state index contributed by atoms with van der Waals surface area (Å²) < 4.78 is 43.4. The smallest absolute Gasteiger partial charge is 0.363 e. The molecule has 0 bridgehead atoms. The van der Waals surface area contributed by atoms with Gasteiger partial charge in [0.2, 0.25) is 0 Å². The van der Waals surface area contributed by atoms with Crippen molar-refractivity contribution in [2.75, 3.05) is 31.5 Å². The van der Waals surface area contributed by atoms with E-state index in [-0.39, 0.29) is 29.8 Å². The molecular formula is C32H32F3N5O. The minimum absolute atomic E-state index is 0.0445. The van der Waals surface area contributed by atoms with Crippen LogP contribution in [0.4, 0.5) is 19.0 Å². The Morgan fingerprint density at radius 1 is 0.878 bits per heavy atom. The number of hydrogen-bond donors (Lipinski definition) is 1.